The number of nitrogens with zero attached hydrogens (tertiary/aromatic N) is 3. The predicted octanol–water partition coefficient (Wildman–Crippen LogP) is 0.295. The number of hydrogen-bond donors (Lipinski definition) is 3. The quantitative estimate of drug-likeness (QED) is 0.735. The van der Waals surface area contributed by atoms with E-state index >= 15 is 0 Å². The van der Waals surface area contributed by atoms with E-state index in [0.29, 0.717) is 11.9 Å². The van der Waals surface area contributed by atoms with E-state index in [4.69, 9.17) is 0 Å². The number of nitrogens with one attached hydrogen (secondary N) is 3. The molecule has 2 atom stereocenters. The Morgan fingerprint density at radius 1 is 1.57 bits per heavy atom. The topological polar surface area (TPSA) is 108 Å². The third-order valence-corrected chi connectivity index (χ3v) is 3.69. The van der Waals surface area contributed by atoms with Crippen LogP contribution in [0.25, 0.3) is 0 Å². The maximum Gasteiger partial charge on any atom is 0.340 e. The fraction of sp³-hybridized carbons (Fsp3) is 0.538. The van der Waals surface area contributed by atoms with Crippen molar-refractivity contribution < 1.29 is 4.79 Å². The third kappa shape index (κ3) is 2.88. The smallest absolute Gasteiger partial charge is 0.340 e. The van der Waals surface area contributed by atoms with Gasteiger partial charge in [-0.3, -0.25) is 14.5 Å². The lowest BCUT2D eigenvalue weighted by atomic mass is 10.2. The lowest BCUT2D eigenvalue weighted by Gasteiger charge is -2.03. The highest BCUT2D eigenvalue weighted by Gasteiger charge is 2.44. The van der Waals surface area contributed by atoms with Crippen molar-refractivity contribution in [3.05, 3.63) is 34.3 Å². The van der Waals surface area contributed by atoms with Crippen LogP contribution in [0.4, 0.5) is 0 Å². The molecule has 2 aromatic rings. The molecule has 21 heavy (non-hydrogen) atoms. The summed E-state index contributed by atoms with van der Waals surface area (Å²) in [6.07, 6.45) is 4.68. The summed E-state index contributed by atoms with van der Waals surface area (Å²) in [4.78, 5) is 25.4. The molecule has 2 aromatic heterocycles. The molecular formula is C13H18N6O2. The molecule has 0 saturated heterocycles. The first kappa shape index (κ1) is 13.6. The molecule has 1 fully saturated rings. The molecule has 0 aromatic carbocycles. The standard InChI is InChI=1S/C13H18N6O2/c1-7(2)19-6-8(4-15-19)9-3-10(9)12(20)14-5-11-16-13(21)18-17-11/h4,6-7,9-10H,3,5H2,1-2H3,(H,14,20)(H2,16,17,18,21). The van der Waals surface area contributed by atoms with Gasteiger partial charge >= 0.3 is 5.69 Å². The molecule has 3 rings (SSSR count). The minimum atomic E-state index is -0.371. The van der Waals surface area contributed by atoms with Crippen molar-refractivity contribution >= 4 is 5.91 Å². The number of rotatable bonds is 5. The van der Waals surface area contributed by atoms with Crippen molar-refractivity contribution in [1.29, 1.82) is 0 Å². The molecule has 1 aliphatic rings. The minimum absolute atomic E-state index is 0.0128. The van der Waals surface area contributed by atoms with Gasteiger partial charge in [0.15, 0.2) is 0 Å². The summed E-state index contributed by atoms with van der Waals surface area (Å²) < 4.78 is 1.90. The summed E-state index contributed by atoms with van der Waals surface area (Å²) in [5, 5.41) is 13.1. The second-order valence-electron chi connectivity index (χ2n) is 5.64. The molecule has 112 valence electrons. The van der Waals surface area contributed by atoms with Crippen LogP contribution >= 0.6 is 0 Å². The summed E-state index contributed by atoms with van der Waals surface area (Å²) in [5.41, 5.74) is 0.738. The molecule has 8 nitrogen and oxygen atoms in total. The van der Waals surface area contributed by atoms with Crippen molar-refractivity contribution in [3.63, 3.8) is 0 Å². The van der Waals surface area contributed by atoms with E-state index in [1.807, 2.05) is 17.1 Å². The Bertz CT molecular complexity index is 697. The summed E-state index contributed by atoms with van der Waals surface area (Å²) in [5.74, 6) is 0.649. The van der Waals surface area contributed by atoms with E-state index in [-0.39, 0.29) is 30.0 Å². The summed E-state index contributed by atoms with van der Waals surface area (Å²) in [6, 6.07) is 0.321. The first-order chi connectivity index (χ1) is 10.0. The Morgan fingerprint density at radius 2 is 2.38 bits per heavy atom. The van der Waals surface area contributed by atoms with Gasteiger partial charge in [0.25, 0.3) is 0 Å². The van der Waals surface area contributed by atoms with Gasteiger partial charge in [-0.25, -0.2) is 9.89 Å². The predicted molar refractivity (Wildman–Crippen MR) is 74.5 cm³/mol. The lowest BCUT2D eigenvalue weighted by molar-refractivity contribution is -0.122. The van der Waals surface area contributed by atoms with E-state index in [9.17, 15) is 9.59 Å². The first-order valence-corrected chi connectivity index (χ1v) is 7.00. The van der Waals surface area contributed by atoms with Crippen molar-refractivity contribution in [2.24, 2.45) is 5.92 Å². The highest BCUT2D eigenvalue weighted by molar-refractivity contribution is 5.82. The van der Waals surface area contributed by atoms with Crippen LogP contribution < -0.4 is 11.0 Å². The Morgan fingerprint density at radius 3 is 3.00 bits per heavy atom. The van der Waals surface area contributed by atoms with Crippen LogP contribution in [0, 0.1) is 5.92 Å². The summed E-state index contributed by atoms with van der Waals surface area (Å²) in [7, 11) is 0. The van der Waals surface area contributed by atoms with Crippen LogP contribution in [0.5, 0.6) is 0 Å². The van der Waals surface area contributed by atoms with Crippen molar-refractivity contribution in [2.45, 2.75) is 38.8 Å². The van der Waals surface area contributed by atoms with E-state index in [1.165, 1.54) is 0 Å². The zero-order chi connectivity index (χ0) is 15.0. The van der Waals surface area contributed by atoms with Gasteiger partial charge in [0.1, 0.15) is 5.82 Å². The van der Waals surface area contributed by atoms with Gasteiger partial charge in [-0.2, -0.15) is 10.2 Å². The number of hydrogen-bond acceptors (Lipinski definition) is 4. The number of aromatic amines is 2. The van der Waals surface area contributed by atoms with E-state index in [1.54, 1.807) is 0 Å². The van der Waals surface area contributed by atoms with Gasteiger partial charge in [0.2, 0.25) is 5.91 Å². The van der Waals surface area contributed by atoms with Crippen molar-refractivity contribution in [1.82, 2.24) is 30.3 Å². The molecule has 0 spiro atoms. The van der Waals surface area contributed by atoms with Gasteiger partial charge < -0.3 is 5.32 Å². The number of carbonyl (C=O) groups excluding carboxylic acids is 1. The maximum atomic E-state index is 12.0. The van der Waals surface area contributed by atoms with Crippen LogP contribution in [0.15, 0.2) is 17.2 Å². The van der Waals surface area contributed by atoms with Crippen LogP contribution in [0.3, 0.4) is 0 Å². The highest BCUT2D eigenvalue weighted by Crippen LogP contribution is 2.47. The zero-order valence-electron chi connectivity index (χ0n) is 12.0. The molecule has 1 saturated carbocycles. The minimum Gasteiger partial charge on any atom is -0.349 e. The SMILES string of the molecule is CC(C)n1cc(C2CC2C(=O)NCc2n[nH]c(=O)[nH]2)cn1. The normalized spacial score (nSPS) is 20.7. The summed E-state index contributed by atoms with van der Waals surface area (Å²) in [6.45, 7) is 4.36. The van der Waals surface area contributed by atoms with Gasteiger partial charge in [-0.05, 0) is 31.7 Å². The fourth-order valence-corrected chi connectivity index (χ4v) is 2.37. The first-order valence-electron chi connectivity index (χ1n) is 7.00. The third-order valence-electron chi connectivity index (χ3n) is 3.69. The van der Waals surface area contributed by atoms with Gasteiger partial charge in [-0.15, -0.1) is 0 Å². The molecular weight excluding hydrogens is 272 g/mol. The van der Waals surface area contributed by atoms with Gasteiger partial charge in [0, 0.05) is 18.2 Å². The average molecular weight is 290 g/mol. The molecule has 0 aliphatic heterocycles. The second-order valence-corrected chi connectivity index (χ2v) is 5.64. The molecule has 2 heterocycles. The molecule has 1 amide bonds. The molecule has 3 N–H and O–H groups in total. The lowest BCUT2D eigenvalue weighted by Crippen LogP contribution is -2.25. The summed E-state index contributed by atoms with van der Waals surface area (Å²) >= 11 is 0. The maximum absolute atomic E-state index is 12.0. The van der Waals surface area contributed by atoms with Crippen LogP contribution in [-0.2, 0) is 11.3 Å². The number of amides is 1. The van der Waals surface area contributed by atoms with Crippen LogP contribution in [0.1, 0.15) is 43.6 Å². The Balaban J connectivity index is 1.54. The zero-order valence-corrected chi connectivity index (χ0v) is 12.0. The van der Waals surface area contributed by atoms with Crippen molar-refractivity contribution in [2.75, 3.05) is 0 Å². The van der Waals surface area contributed by atoms with E-state index < -0.39 is 0 Å². The van der Waals surface area contributed by atoms with Crippen molar-refractivity contribution in [3.8, 4) is 0 Å². The monoisotopic (exact) mass is 290 g/mol. The Labute approximate surface area is 120 Å². The molecule has 1 aliphatic carbocycles. The molecule has 2 unspecified atom stereocenters. The fourth-order valence-electron chi connectivity index (χ4n) is 2.37. The van der Waals surface area contributed by atoms with E-state index in [0.717, 1.165) is 12.0 Å². The Kier molecular flexibility index (Phi) is 3.36. The van der Waals surface area contributed by atoms with Gasteiger partial charge in [-0.1, -0.05) is 0 Å². The Hall–Kier alpha value is -2.38. The largest absolute Gasteiger partial charge is 0.349 e. The van der Waals surface area contributed by atoms with E-state index in [2.05, 4.69) is 39.4 Å². The molecule has 0 bridgehead atoms. The number of H-pyrrole nitrogens is 2. The van der Waals surface area contributed by atoms with Crippen LogP contribution in [0.2, 0.25) is 0 Å². The molecule has 8 heteroatoms. The highest BCUT2D eigenvalue weighted by atomic mass is 16.2. The van der Waals surface area contributed by atoms with Gasteiger partial charge in [0.05, 0.1) is 12.7 Å². The average Bonchev–Trinajstić information content (AvgIpc) is 2.90. The molecule has 0 radical (unpaired) electrons. The number of aromatic nitrogens is 5. The second kappa shape index (κ2) is 5.19. The van der Waals surface area contributed by atoms with Crippen LogP contribution in [-0.4, -0.2) is 30.9 Å². The number of carbonyl (C=O) groups is 1.